The Hall–Kier alpha value is -2.27. The van der Waals surface area contributed by atoms with E-state index in [0.717, 1.165) is 23.7 Å². The van der Waals surface area contributed by atoms with Gasteiger partial charge in [0.05, 0.1) is 0 Å². The fraction of sp³-hybridized carbons (Fsp3) is 0.300. The second-order valence-corrected chi connectivity index (χ2v) is 10.8. The van der Waals surface area contributed by atoms with Gasteiger partial charge in [0.15, 0.2) is 0 Å². The Morgan fingerprint density at radius 1 is 0.920 bits per heavy atom. The molecule has 0 unspecified atom stereocenters. The van der Waals surface area contributed by atoms with Gasteiger partial charge in [0, 0.05) is 17.7 Å². The summed E-state index contributed by atoms with van der Waals surface area (Å²) in [6.07, 6.45) is 3.57. The normalized spacial score (nSPS) is 11.8. The predicted molar refractivity (Wildman–Crippen MR) is 103 cm³/mol. The Balaban J connectivity index is 2.36. The number of halogens is 1. The lowest BCUT2D eigenvalue weighted by atomic mass is 10.1. The third-order valence-corrected chi connectivity index (χ3v) is 9.13. The standard InChI is InChI=1S/C20H25FO3Si/c1-4-25(5-2,6-3)24-20-13-17(21)10-9-16(20)8-7-15-11-18(22)14-19(23)12-15/h7-14,22-23H,4-6H2,1-3H3. The molecule has 2 aromatic carbocycles. The van der Waals surface area contributed by atoms with Gasteiger partial charge in [-0.3, -0.25) is 0 Å². The Kier molecular flexibility index (Phi) is 6.25. The molecule has 0 saturated heterocycles. The van der Waals surface area contributed by atoms with Crippen LogP contribution in [-0.4, -0.2) is 18.5 Å². The van der Waals surface area contributed by atoms with E-state index in [1.165, 1.54) is 18.2 Å². The summed E-state index contributed by atoms with van der Waals surface area (Å²) in [4.78, 5) is 0. The van der Waals surface area contributed by atoms with Crippen molar-refractivity contribution in [3.05, 3.63) is 53.3 Å². The van der Waals surface area contributed by atoms with Gasteiger partial charge in [-0.1, -0.05) is 32.9 Å². The van der Waals surface area contributed by atoms with Crippen LogP contribution in [-0.2, 0) is 0 Å². The molecule has 0 aliphatic rings. The average Bonchev–Trinajstić information content (AvgIpc) is 2.58. The summed E-state index contributed by atoms with van der Waals surface area (Å²) in [5, 5.41) is 19.1. The van der Waals surface area contributed by atoms with Gasteiger partial charge in [0.25, 0.3) is 8.32 Å². The average molecular weight is 361 g/mol. The fourth-order valence-corrected chi connectivity index (χ4v) is 5.41. The molecule has 0 saturated carbocycles. The summed E-state index contributed by atoms with van der Waals surface area (Å²) in [5.41, 5.74) is 1.43. The number of benzene rings is 2. The molecule has 0 aliphatic heterocycles. The SMILES string of the molecule is CC[Si](CC)(CC)Oc1cc(F)ccc1C=Cc1cc(O)cc(O)c1. The maximum Gasteiger partial charge on any atom is 0.250 e. The highest BCUT2D eigenvalue weighted by Gasteiger charge is 2.31. The molecule has 0 radical (unpaired) electrons. The first-order valence-corrected chi connectivity index (χ1v) is 11.1. The molecule has 134 valence electrons. The molecular formula is C20H25FO3Si. The first kappa shape index (κ1) is 19.1. The predicted octanol–water partition coefficient (Wildman–Crippen LogP) is 5.79. The minimum absolute atomic E-state index is 0.00963. The van der Waals surface area contributed by atoms with E-state index in [0.29, 0.717) is 11.3 Å². The molecule has 0 aliphatic carbocycles. The molecule has 0 spiro atoms. The summed E-state index contributed by atoms with van der Waals surface area (Å²) in [6.45, 7) is 6.39. The zero-order valence-corrected chi connectivity index (χ0v) is 15.9. The van der Waals surface area contributed by atoms with Crippen molar-refractivity contribution in [2.75, 3.05) is 0 Å². The number of phenols is 2. The molecule has 0 fully saturated rings. The van der Waals surface area contributed by atoms with Crippen LogP contribution in [0.2, 0.25) is 18.1 Å². The second kappa shape index (κ2) is 8.21. The van der Waals surface area contributed by atoms with Crippen molar-refractivity contribution >= 4 is 20.5 Å². The molecule has 5 heteroatoms. The lowest BCUT2D eigenvalue weighted by molar-refractivity contribution is 0.450. The molecule has 2 rings (SSSR count). The summed E-state index contributed by atoms with van der Waals surface area (Å²) < 4.78 is 20.1. The van der Waals surface area contributed by atoms with Gasteiger partial charge >= 0.3 is 0 Å². The number of hydrogen-bond donors (Lipinski definition) is 2. The second-order valence-electron chi connectivity index (χ2n) is 6.14. The highest BCUT2D eigenvalue weighted by molar-refractivity contribution is 6.74. The number of aromatic hydroxyl groups is 2. The Labute approximate surface area is 149 Å². The zero-order valence-electron chi connectivity index (χ0n) is 14.9. The van der Waals surface area contributed by atoms with Crippen LogP contribution in [0.3, 0.4) is 0 Å². The monoisotopic (exact) mass is 360 g/mol. The molecule has 0 aromatic heterocycles. The van der Waals surface area contributed by atoms with Crippen LogP contribution in [0.25, 0.3) is 12.2 Å². The van der Waals surface area contributed by atoms with Crippen LogP contribution in [0.15, 0.2) is 36.4 Å². The molecule has 25 heavy (non-hydrogen) atoms. The van der Waals surface area contributed by atoms with Crippen molar-refractivity contribution in [1.29, 1.82) is 0 Å². The van der Waals surface area contributed by atoms with E-state index in [1.54, 1.807) is 24.3 Å². The lowest BCUT2D eigenvalue weighted by Gasteiger charge is -2.29. The molecule has 0 atom stereocenters. The summed E-state index contributed by atoms with van der Waals surface area (Å²) in [5.74, 6) is 0.209. The largest absolute Gasteiger partial charge is 0.543 e. The van der Waals surface area contributed by atoms with Crippen molar-refractivity contribution < 1.29 is 19.0 Å². The van der Waals surface area contributed by atoms with Gasteiger partial charge in [0.1, 0.15) is 23.1 Å². The van der Waals surface area contributed by atoms with E-state index in [-0.39, 0.29) is 17.3 Å². The minimum atomic E-state index is -1.92. The van der Waals surface area contributed by atoms with Crippen LogP contribution in [0.5, 0.6) is 17.2 Å². The summed E-state index contributed by atoms with van der Waals surface area (Å²) >= 11 is 0. The smallest absolute Gasteiger partial charge is 0.250 e. The first-order chi connectivity index (χ1) is 11.9. The fourth-order valence-electron chi connectivity index (χ4n) is 2.83. The quantitative estimate of drug-likeness (QED) is 0.485. The van der Waals surface area contributed by atoms with E-state index in [9.17, 15) is 14.6 Å². The van der Waals surface area contributed by atoms with E-state index in [4.69, 9.17) is 4.43 Å². The maximum atomic E-state index is 13.7. The van der Waals surface area contributed by atoms with Crippen molar-refractivity contribution in [1.82, 2.24) is 0 Å². The molecular weight excluding hydrogens is 335 g/mol. The van der Waals surface area contributed by atoms with Crippen LogP contribution in [0.1, 0.15) is 31.9 Å². The van der Waals surface area contributed by atoms with Crippen molar-refractivity contribution in [2.45, 2.75) is 38.9 Å². The van der Waals surface area contributed by atoms with E-state index >= 15 is 0 Å². The van der Waals surface area contributed by atoms with Crippen LogP contribution < -0.4 is 4.43 Å². The van der Waals surface area contributed by atoms with Crippen LogP contribution in [0, 0.1) is 5.82 Å². The highest BCUT2D eigenvalue weighted by atomic mass is 28.4. The minimum Gasteiger partial charge on any atom is -0.543 e. The molecule has 2 N–H and O–H groups in total. The number of phenolic OH excluding ortho intramolecular Hbond substituents is 2. The Morgan fingerprint density at radius 2 is 1.52 bits per heavy atom. The third-order valence-electron chi connectivity index (χ3n) is 4.62. The molecule has 3 nitrogen and oxygen atoms in total. The van der Waals surface area contributed by atoms with Gasteiger partial charge in [0.2, 0.25) is 0 Å². The van der Waals surface area contributed by atoms with Crippen LogP contribution in [0.4, 0.5) is 4.39 Å². The Morgan fingerprint density at radius 3 is 2.08 bits per heavy atom. The number of rotatable bonds is 7. The van der Waals surface area contributed by atoms with Crippen molar-refractivity contribution in [2.24, 2.45) is 0 Å². The van der Waals surface area contributed by atoms with Gasteiger partial charge < -0.3 is 14.6 Å². The first-order valence-electron chi connectivity index (χ1n) is 8.61. The van der Waals surface area contributed by atoms with Crippen LogP contribution >= 0.6 is 0 Å². The molecule has 2 aromatic rings. The molecule has 0 amide bonds. The van der Waals surface area contributed by atoms with E-state index < -0.39 is 8.32 Å². The van der Waals surface area contributed by atoms with Crippen molar-refractivity contribution in [3.8, 4) is 17.2 Å². The lowest BCUT2D eigenvalue weighted by Crippen LogP contribution is -2.39. The van der Waals surface area contributed by atoms with Gasteiger partial charge in [-0.2, -0.15) is 0 Å². The number of hydrogen-bond acceptors (Lipinski definition) is 3. The Bertz CT molecular complexity index is 726. The highest BCUT2D eigenvalue weighted by Crippen LogP contribution is 2.30. The van der Waals surface area contributed by atoms with Gasteiger partial charge in [-0.25, -0.2) is 4.39 Å². The van der Waals surface area contributed by atoms with Gasteiger partial charge in [-0.15, -0.1) is 0 Å². The maximum absolute atomic E-state index is 13.7. The summed E-state index contributed by atoms with van der Waals surface area (Å²) in [7, 11) is -1.92. The zero-order chi connectivity index (χ0) is 18.4. The van der Waals surface area contributed by atoms with Gasteiger partial charge in [-0.05, 0) is 48.0 Å². The summed E-state index contributed by atoms with van der Waals surface area (Å²) in [6, 6.07) is 11.8. The molecule has 0 bridgehead atoms. The topological polar surface area (TPSA) is 49.7 Å². The third kappa shape index (κ3) is 4.86. The van der Waals surface area contributed by atoms with E-state index in [1.807, 2.05) is 6.08 Å². The van der Waals surface area contributed by atoms with Crippen molar-refractivity contribution in [3.63, 3.8) is 0 Å². The molecule has 0 heterocycles. The van der Waals surface area contributed by atoms with E-state index in [2.05, 4.69) is 20.8 Å².